The summed E-state index contributed by atoms with van der Waals surface area (Å²) >= 11 is 0. The smallest absolute Gasteiger partial charge is 0.247 e. The molecule has 1 amide bonds. The van der Waals surface area contributed by atoms with Crippen molar-refractivity contribution >= 4 is 39.8 Å². The van der Waals surface area contributed by atoms with Crippen molar-refractivity contribution in [3.8, 4) is 17.3 Å². The average Bonchev–Trinajstić information content (AvgIpc) is 3.80. The fourth-order valence-electron chi connectivity index (χ4n) is 4.63. The number of methoxy groups -OCH3 is 2. The normalized spacial score (nSPS) is 12.4. The number of ether oxygens (including phenoxy) is 2. The Hall–Kier alpha value is -4.64. The molecule has 2 aromatic heterocycles. The van der Waals surface area contributed by atoms with Gasteiger partial charge in [0, 0.05) is 49.8 Å². The number of nitrogens with zero attached hydrogens (tertiary/aromatic N) is 6. The van der Waals surface area contributed by atoms with Gasteiger partial charge in [-0.1, -0.05) is 20.4 Å². The summed E-state index contributed by atoms with van der Waals surface area (Å²) in [5.74, 6) is 2.51. The molecule has 2 aromatic carbocycles. The first-order valence-electron chi connectivity index (χ1n) is 14.5. The second-order valence-electron chi connectivity index (χ2n) is 10.3. The summed E-state index contributed by atoms with van der Waals surface area (Å²) in [7, 11) is 9.28. The highest BCUT2D eigenvalue weighted by atomic mass is 16.5. The fraction of sp³-hybridized carbons (Fsp3) is 0.375. The largest absolute Gasteiger partial charge is 0.497 e. The minimum Gasteiger partial charge on any atom is -0.497 e. The zero-order valence-electron chi connectivity index (χ0n) is 26.1. The Morgan fingerprint density at radius 3 is 2.49 bits per heavy atom. The molecule has 2 N–H and O–H groups in total. The van der Waals surface area contributed by atoms with Crippen LogP contribution in [0, 0.1) is 0 Å². The third kappa shape index (κ3) is 7.23. The van der Waals surface area contributed by atoms with E-state index in [0.717, 1.165) is 54.0 Å². The van der Waals surface area contributed by atoms with Gasteiger partial charge < -0.3 is 29.9 Å². The van der Waals surface area contributed by atoms with E-state index in [2.05, 4.69) is 32.0 Å². The number of anilines is 4. The standard InChI is InChI=1S/C30H36N8O3.C2H6/c1-7-28(39)32-22-17-23(26(41-6)18-25(22)37(4)15-14-36(2)3)33-30-31-13-12-27(34-30)38-24-11-10-20(40-5)16-21(24)29(35-38)19-8-9-19;1-2/h7,10-13,16-19H,1,8-9,14-15H2,2-6H3,(H,32,39)(H,31,33,34);1-2H3. The summed E-state index contributed by atoms with van der Waals surface area (Å²) in [5, 5.41) is 12.2. The van der Waals surface area contributed by atoms with E-state index in [4.69, 9.17) is 19.6 Å². The Morgan fingerprint density at radius 2 is 1.84 bits per heavy atom. The van der Waals surface area contributed by atoms with Crippen LogP contribution in [0.3, 0.4) is 0 Å². The molecule has 0 saturated heterocycles. The highest BCUT2D eigenvalue weighted by Gasteiger charge is 2.30. The van der Waals surface area contributed by atoms with Gasteiger partial charge in [0.05, 0.1) is 42.5 Å². The maximum atomic E-state index is 12.3. The summed E-state index contributed by atoms with van der Waals surface area (Å²) in [6, 6.07) is 11.5. The van der Waals surface area contributed by atoms with Gasteiger partial charge in [-0.05, 0) is 57.3 Å². The summed E-state index contributed by atoms with van der Waals surface area (Å²) in [6.07, 6.45) is 5.19. The van der Waals surface area contributed by atoms with E-state index in [0.29, 0.717) is 34.8 Å². The van der Waals surface area contributed by atoms with Gasteiger partial charge in [-0.3, -0.25) is 4.79 Å². The first-order chi connectivity index (χ1) is 20.8. The van der Waals surface area contributed by atoms with Gasteiger partial charge in [-0.15, -0.1) is 0 Å². The predicted molar refractivity (Wildman–Crippen MR) is 173 cm³/mol. The topological polar surface area (TPSA) is 110 Å². The predicted octanol–water partition coefficient (Wildman–Crippen LogP) is 5.60. The van der Waals surface area contributed by atoms with E-state index in [1.165, 1.54) is 6.08 Å². The molecule has 1 aliphatic carbocycles. The van der Waals surface area contributed by atoms with Crippen LogP contribution in [0.5, 0.6) is 11.5 Å². The molecule has 228 valence electrons. The number of fused-ring (bicyclic) bond motifs is 1. The number of nitrogens with one attached hydrogen (secondary N) is 2. The Morgan fingerprint density at radius 1 is 1.07 bits per heavy atom. The van der Waals surface area contributed by atoms with E-state index >= 15 is 0 Å². The molecule has 5 rings (SSSR count). The molecule has 4 aromatic rings. The van der Waals surface area contributed by atoms with Crippen molar-refractivity contribution in [1.29, 1.82) is 0 Å². The number of benzene rings is 2. The second-order valence-corrected chi connectivity index (χ2v) is 10.3. The fourth-order valence-corrected chi connectivity index (χ4v) is 4.63. The number of likely N-dealkylation sites (N-methyl/N-ethyl adjacent to an activating group) is 2. The lowest BCUT2D eigenvalue weighted by atomic mass is 10.1. The molecule has 0 unspecified atom stereocenters. The van der Waals surface area contributed by atoms with Gasteiger partial charge >= 0.3 is 0 Å². The number of hydrogen-bond donors (Lipinski definition) is 2. The minimum absolute atomic E-state index is 0.310. The molecular formula is C32H42N8O3. The number of rotatable bonds is 12. The van der Waals surface area contributed by atoms with Gasteiger partial charge in [0.15, 0.2) is 5.82 Å². The Labute approximate surface area is 253 Å². The van der Waals surface area contributed by atoms with E-state index < -0.39 is 0 Å². The van der Waals surface area contributed by atoms with Crippen LogP contribution in [0.25, 0.3) is 16.7 Å². The molecule has 0 spiro atoms. The Kier molecular flexibility index (Phi) is 10.2. The summed E-state index contributed by atoms with van der Waals surface area (Å²) in [5.41, 5.74) is 4.03. The molecule has 0 bridgehead atoms. The SMILES string of the molecule is C=CC(=O)Nc1cc(Nc2nccc(-n3nc(C4CC4)c4cc(OC)ccc43)n2)c(OC)cc1N(C)CCN(C)C.CC. The molecule has 11 nitrogen and oxygen atoms in total. The molecule has 1 saturated carbocycles. The van der Waals surface area contributed by atoms with Crippen LogP contribution in [0.15, 0.2) is 55.3 Å². The monoisotopic (exact) mass is 586 g/mol. The first-order valence-corrected chi connectivity index (χ1v) is 14.5. The van der Waals surface area contributed by atoms with Crippen LogP contribution in [0.4, 0.5) is 23.0 Å². The van der Waals surface area contributed by atoms with E-state index in [1.807, 2.05) is 76.1 Å². The van der Waals surface area contributed by atoms with E-state index in [1.54, 1.807) is 20.4 Å². The van der Waals surface area contributed by atoms with Crippen LogP contribution in [0.1, 0.15) is 38.3 Å². The molecule has 1 aliphatic rings. The highest BCUT2D eigenvalue weighted by molar-refractivity contribution is 6.02. The number of aromatic nitrogens is 4. The summed E-state index contributed by atoms with van der Waals surface area (Å²) in [4.78, 5) is 25.7. The zero-order chi connectivity index (χ0) is 31.1. The van der Waals surface area contributed by atoms with Gasteiger partial charge in [0.25, 0.3) is 0 Å². The van der Waals surface area contributed by atoms with Crippen LogP contribution in [-0.2, 0) is 4.79 Å². The summed E-state index contributed by atoms with van der Waals surface area (Å²) in [6.45, 7) is 9.18. The zero-order valence-corrected chi connectivity index (χ0v) is 26.1. The van der Waals surface area contributed by atoms with E-state index in [9.17, 15) is 4.79 Å². The molecule has 2 heterocycles. The van der Waals surface area contributed by atoms with Crippen LogP contribution >= 0.6 is 0 Å². The van der Waals surface area contributed by atoms with E-state index in [-0.39, 0.29) is 5.91 Å². The number of carbonyl (C=O) groups is 1. The average molecular weight is 587 g/mol. The maximum absolute atomic E-state index is 12.3. The lowest BCUT2D eigenvalue weighted by Gasteiger charge is -2.26. The van der Waals surface area contributed by atoms with Gasteiger partial charge in [-0.2, -0.15) is 10.1 Å². The molecule has 11 heteroatoms. The minimum atomic E-state index is -0.310. The van der Waals surface area contributed by atoms with Crippen LogP contribution < -0.4 is 25.0 Å². The van der Waals surface area contributed by atoms with Crippen molar-refractivity contribution in [2.24, 2.45) is 0 Å². The third-order valence-corrected chi connectivity index (χ3v) is 7.04. The van der Waals surface area contributed by atoms with Crippen molar-refractivity contribution < 1.29 is 14.3 Å². The lowest BCUT2D eigenvalue weighted by Crippen LogP contribution is -2.29. The molecule has 0 atom stereocenters. The first kappa shape index (κ1) is 31.3. The Balaban J connectivity index is 0.00000207. The molecule has 43 heavy (non-hydrogen) atoms. The highest BCUT2D eigenvalue weighted by Crippen LogP contribution is 2.43. The van der Waals surface area contributed by atoms with Gasteiger partial charge in [0.1, 0.15) is 11.5 Å². The van der Waals surface area contributed by atoms with Crippen LogP contribution in [-0.4, -0.2) is 79.0 Å². The van der Waals surface area contributed by atoms with Crippen LogP contribution in [0.2, 0.25) is 0 Å². The lowest BCUT2D eigenvalue weighted by molar-refractivity contribution is -0.111. The molecule has 0 aliphatic heterocycles. The maximum Gasteiger partial charge on any atom is 0.247 e. The third-order valence-electron chi connectivity index (χ3n) is 7.04. The molecule has 1 fully saturated rings. The van der Waals surface area contributed by atoms with Crippen molar-refractivity contribution in [2.45, 2.75) is 32.6 Å². The van der Waals surface area contributed by atoms with Crippen molar-refractivity contribution in [2.75, 3.05) is 64.0 Å². The Bertz CT molecular complexity index is 1580. The van der Waals surface area contributed by atoms with Crippen molar-refractivity contribution in [3.05, 3.63) is 60.9 Å². The summed E-state index contributed by atoms with van der Waals surface area (Å²) < 4.78 is 13.1. The van der Waals surface area contributed by atoms with Gasteiger partial charge in [0.2, 0.25) is 11.9 Å². The quantitative estimate of drug-likeness (QED) is 0.205. The molecule has 0 radical (unpaired) electrons. The van der Waals surface area contributed by atoms with Gasteiger partial charge in [-0.25, -0.2) is 9.67 Å². The van der Waals surface area contributed by atoms with Crippen molar-refractivity contribution in [3.63, 3.8) is 0 Å². The second kappa shape index (κ2) is 14.0. The number of carbonyl (C=O) groups excluding carboxylic acids is 1. The number of hydrogen-bond acceptors (Lipinski definition) is 9. The number of amides is 1. The molecular weight excluding hydrogens is 544 g/mol. The van der Waals surface area contributed by atoms with Crippen molar-refractivity contribution in [1.82, 2.24) is 24.6 Å².